The van der Waals surface area contributed by atoms with Crippen LogP contribution in [0.15, 0.2) is 170 Å². The molecular weight excluding hydrogens is 597 g/mol. The average Bonchev–Trinajstić information content (AvgIpc) is 3.68. The van der Waals surface area contributed by atoms with E-state index in [-0.39, 0.29) is 0 Å². The minimum absolute atomic E-state index is 1.13. The molecule has 4 heteroatoms. The van der Waals surface area contributed by atoms with E-state index in [9.17, 15) is 0 Å². The molecule has 9 rings (SSSR count). The van der Waals surface area contributed by atoms with Gasteiger partial charge in [0.2, 0.25) is 0 Å². The van der Waals surface area contributed by atoms with Crippen molar-refractivity contribution >= 4 is 97.1 Å². The van der Waals surface area contributed by atoms with Crippen LogP contribution in [0.2, 0.25) is 0 Å². The van der Waals surface area contributed by atoms with Crippen molar-refractivity contribution in [1.29, 1.82) is 0 Å². The van der Waals surface area contributed by atoms with E-state index in [0.717, 1.165) is 28.4 Å². The van der Waals surface area contributed by atoms with Crippen LogP contribution in [0.4, 0.5) is 34.1 Å². The molecule has 0 aliphatic carbocycles. The summed E-state index contributed by atoms with van der Waals surface area (Å²) in [5.74, 6) is 0. The van der Waals surface area contributed by atoms with Crippen LogP contribution in [-0.4, -0.2) is 0 Å². The van der Waals surface area contributed by atoms with Gasteiger partial charge in [-0.25, -0.2) is 0 Å². The summed E-state index contributed by atoms with van der Waals surface area (Å²) in [6.07, 6.45) is 0. The van der Waals surface area contributed by atoms with Crippen molar-refractivity contribution in [3.8, 4) is 0 Å². The summed E-state index contributed by atoms with van der Waals surface area (Å²) in [6.45, 7) is 0. The molecule has 0 saturated heterocycles. The van der Waals surface area contributed by atoms with E-state index < -0.39 is 0 Å². The maximum Gasteiger partial charge on any atom is 0.0554 e. The van der Waals surface area contributed by atoms with Gasteiger partial charge in [0.05, 0.1) is 5.69 Å². The molecule has 0 atom stereocenters. The van der Waals surface area contributed by atoms with Crippen LogP contribution in [0.5, 0.6) is 0 Å². The molecule has 218 valence electrons. The van der Waals surface area contributed by atoms with E-state index in [0.29, 0.717) is 0 Å². The summed E-state index contributed by atoms with van der Waals surface area (Å²) in [5, 5.41) is 5.13. The smallest absolute Gasteiger partial charge is 0.0554 e. The van der Waals surface area contributed by atoms with Gasteiger partial charge in [-0.3, -0.25) is 0 Å². The maximum atomic E-state index is 2.39. The van der Waals surface area contributed by atoms with E-state index in [2.05, 4.69) is 180 Å². The monoisotopic (exact) mass is 624 g/mol. The second kappa shape index (κ2) is 11.2. The van der Waals surface area contributed by atoms with Crippen molar-refractivity contribution in [2.75, 3.05) is 9.80 Å². The number of thiophene rings is 2. The lowest BCUT2D eigenvalue weighted by Gasteiger charge is -2.27. The molecule has 0 amide bonds. The first-order valence-electron chi connectivity index (χ1n) is 15.4. The second-order valence-corrected chi connectivity index (χ2v) is 13.6. The van der Waals surface area contributed by atoms with Gasteiger partial charge in [-0.2, -0.15) is 0 Å². The first-order valence-corrected chi connectivity index (χ1v) is 17.1. The van der Waals surface area contributed by atoms with E-state index >= 15 is 0 Å². The summed E-state index contributed by atoms with van der Waals surface area (Å²) >= 11 is 3.71. The summed E-state index contributed by atoms with van der Waals surface area (Å²) in [5.41, 5.74) is 6.87. The van der Waals surface area contributed by atoms with Gasteiger partial charge >= 0.3 is 0 Å². The Bertz CT molecular complexity index is 2440. The fraction of sp³-hybridized carbons (Fsp3) is 0. The Kier molecular flexibility index (Phi) is 6.55. The summed E-state index contributed by atoms with van der Waals surface area (Å²) in [6, 6.07) is 61.3. The maximum absolute atomic E-state index is 2.39. The normalized spacial score (nSPS) is 11.5. The van der Waals surface area contributed by atoms with Crippen molar-refractivity contribution in [3.63, 3.8) is 0 Å². The summed E-state index contributed by atoms with van der Waals surface area (Å²) < 4.78 is 5.18. The highest BCUT2D eigenvalue weighted by molar-refractivity contribution is 7.26. The summed E-state index contributed by atoms with van der Waals surface area (Å²) in [7, 11) is 0. The van der Waals surface area contributed by atoms with Gasteiger partial charge in [0, 0.05) is 68.8 Å². The lowest BCUT2D eigenvalue weighted by molar-refractivity contribution is 1.29. The lowest BCUT2D eigenvalue weighted by Crippen LogP contribution is -2.10. The molecule has 0 saturated carbocycles. The Labute approximate surface area is 275 Å². The van der Waals surface area contributed by atoms with Crippen molar-refractivity contribution in [2.45, 2.75) is 0 Å². The molecule has 46 heavy (non-hydrogen) atoms. The van der Waals surface area contributed by atoms with Crippen molar-refractivity contribution in [2.24, 2.45) is 0 Å². The predicted octanol–water partition coefficient (Wildman–Crippen LogP) is 13.4. The minimum atomic E-state index is 1.13. The fourth-order valence-electron chi connectivity index (χ4n) is 6.58. The van der Waals surface area contributed by atoms with Crippen LogP contribution in [0.3, 0.4) is 0 Å². The predicted molar refractivity (Wildman–Crippen MR) is 202 cm³/mol. The number of hydrogen-bond donors (Lipinski definition) is 0. The highest BCUT2D eigenvalue weighted by Gasteiger charge is 2.20. The molecule has 2 nitrogen and oxygen atoms in total. The second-order valence-electron chi connectivity index (χ2n) is 11.4. The number of anilines is 6. The lowest BCUT2D eigenvalue weighted by atomic mass is 10.1. The van der Waals surface area contributed by atoms with E-state index in [1.165, 1.54) is 46.0 Å². The Morgan fingerprint density at radius 2 is 0.783 bits per heavy atom. The van der Waals surface area contributed by atoms with Crippen LogP contribution >= 0.6 is 22.7 Å². The van der Waals surface area contributed by atoms with E-state index in [1.54, 1.807) is 0 Å². The molecule has 0 aliphatic rings. The number of rotatable bonds is 6. The average molecular weight is 625 g/mol. The number of nitrogens with zero attached hydrogens (tertiary/aromatic N) is 2. The number of hydrogen-bond acceptors (Lipinski definition) is 4. The van der Waals surface area contributed by atoms with Crippen LogP contribution in [0.1, 0.15) is 0 Å². The van der Waals surface area contributed by atoms with Gasteiger partial charge < -0.3 is 9.80 Å². The highest BCUT2D eigenvalue weighted by atomic mass is 32.1. The van der Waals surface area contributed by atoms with Crippen molar-refractivity contribution in [1.82, 2.24) is 0 Å². The molecule has 9 aromatic rings. The molecule has 0 spiro atoms. The number of para-hydroxylation sites is 3. The van der Waals surface area contributed by atoms with Gasteiger partial charge in [0.1, 0.15) is 0 Å². The molecular formula is C42H28N2S2. The first-order chi connectivity index (χ1) is 22.8. The number of benzene rings is 7. The fourth-order valence-corrected chi connectivity index (χ4v) is 8.77. The zero-order valence-electron chi connectivity index (χ0n) is 24.9. The third kappa shape index (κ3) is 4.54. The van der Waals surface area contributed by atoms with Crippen molar-refractivity contribution < 1.29 is 0 Å². The molecule has 0 bridgehead atoms. The Morgan fingerprint density at radius 1 is 0.304 bits per heavy atom. The third-order valence-corrected chi connectivity index (χ3v) is 10.9. The molecule has 2 heterocycles. The standard InChI is InChI=1S/C42H28N2S2/c1-4-13-29(14-5-1)43(32-23-25-39-35(27-32)34-19-10-11-21-38(34)45-39)33-24-26-40-36(28-33)42-37(20-12-22-41(42)46-40)44(30-15-6-2-7-16-30)31-17-8-3-9-18-31/h1-28H. The molecule has 0 fully saturated rings. The van der Waals surface area contributed by atoms with Crippen LogP contribution in [0.25, 0.3) is 40.3 Å². The SMILES string of the molecule is c1ccc(N(c2ccc3sc4ccccc4c3c2)c2ccc3sc4cccc(N(c5ccccc5)c5ccccc5)c4c3c2)cc1. The van der Waals surface area contributed by atoms with Gasteiger partial charge in [-0.05, 0) is 91.0 Å². The van der Waals surface area contributed by atoms with E-state index in [4.69, 9.17) is 0 Å². The van der Waals surface area contributed by atoms with Gasteiger partial charge in [-0.15, -0.1) is 22.7 Å². The van der Waals surface area contributed by atoms with Gasteiger partial charge in [0.25, 0.3) is 0 Å². The Hall–Kier alpha value is -5.42. The van der Waals surface area contributed by atoms with Crippen LogP contribution in [-0.2, 0) is 0 Å². The Morgan fingerprint density at radius 3 is 1.43 bits per heavy atom. The number of fused-ring (bicyclic) bond motifs is 6. The zero-order chi connectivity index (χ0) is 30.5. The molecule has 0 N–H and O–H groups in total. The summed E-state index contributed by atoms with van der Waals surface area (Å²) in [4.78, 5) is 4.77. The zero-order valence-corrected chi connectivity index (χ0v) is 26.5. The Balaban J connectivity index is 1.27. The first kappa shape index (κ1) is 26.9. The highest BCUT2D eigenvalue weighted by Crippen LogP contribution is 2.47. The minimum Gasteiger partial charge on any atom is -0.310 e. The van der Waals surface area contributed by atoms with Gasteiger partial charge in [-0.1, -0.05) is 78.9 Å². The third-order valence-electron chi connectivity index (χ3n) is 8.62. The molecule has 2 aromatic heterocycles. The molecule has 0 radical (unpaired) electrons. The van der Waals surface area contributed by atoms with Crippen LogP contribution < -0.4 is 9.80 Å². The van der Waals surface area contributed by atoms with Crippen LogP contribution in [0, 0.1) is 0 Å². The quantitative estimate of drug-likeness (QED) is 0.182. The molecule has 0 unspecified atom stereocenters. The topological polar surface area (TPSA) is 6.48 Å². The van der Waals surface area contributed by atoms with Gasteiger partial charge in [0.15, 0.2) is 0 Å². The molecule has 0 aliphatic heterocycles. The van der Waals surface area contributed by atoms with Crippen molar-refractivity contribution in [3.05, 3.63) is 170 Å². The molecule has 7 aromatic carbocycles. The largest absolute Gasteiger partial charge is 0.310 e. The van der Waals surface area contributed by atoms with E-state index in [1.807, 2.05) is 22.7 Å².